The summed E-state index contributed by atoms with van der Waals surface area (Å²) in [5.74, 6) is 0. The molecule has 0 spiro atoms. The molecule has 98 valence electrons. The Hall–Kier alpha value is -0.840. The normalized spacial score (nSPS) is 12.9. The molecular formula is C13H18ClN3S. The zero-order chi connectivity index (χ0) is 13.1. The van der Waals surface area contributed by atoms with Crippen LogP contribution in [0.3, 0.4) is 0 Å². The van der Waals surface area contributed by atoms with Crippen molar-refractivity contribution in [2.75, 3.05) is 0 Å². The van der Waals surface area contributed by atoms with Gasteiger partial charge in [-0.1, -0.05) is 18.5 Å². The first-order valence-corrected chi connectivity index (χ1v) is 7.29. The number of halogens is 1. The number of hydrogen-bond acceptors (Lipinski definition) is 3. The van der Waals surface area contributed by atoms with Crippen molar-refractivity contribution < 1.29 is 0 Å². The molecule has 0 aromatic carbocycles. The SMILES string of the molecule is CCc1nn(C)cc1CNC(C)c1ccc(Cl)s1. The summed E-state index contributed by atoms with van der Waals surface area (Å²) in [4.78, 5) is 1.27. The first-order chi connectivity index (χ1) is 8.60. The van der Waals surface area contributed by atoms with Crippen LogP contribution in [-0.4, -0.2) is 9.78 Å². The van der Waals surface area contributed by atoms with Gasteiger partial charge in [0.15, 0.2) is 0 Å². The van der Waals surface area contributed by atoms with Gasteiger partial charge in [0.1, 0.15) is 0 Å². The lowest BCUT2D eigenvalue weighted by Gasteiger charge is -2.11. The highest BCUT2D eigenvalue weighted by Crippen LogP contribution is 2.26. The number of aromatic nitrogens is 2. The van der Waals surface area contributed by atoms with Gasteiger partial charge in [-0.2, -0.15) is 5.10 Å². The number of nitrogens with zero attached hydrogens (tertiary/aromatic N) is 2. The Kier molecular flexibility index (Phi) is 4.43. The number of nitrogens with one attached hydrogen (secondary N) is 1. The van der Waals surface area contributed by atoms with E-state index in [4.69, 9.17) is 11.6 Å². The van der Waals surface area contributed by atoms with Crippen LogP contribution in [0.2, 0.25) is 4.34 Å². The third-order valence-electron chi connectivity index (χ3n) is 2.95. The van der Waals surface area contributed by atoms with E-state index in [9.17, 15) is 0 Å². The Bertz CT molecular complexity index is 518. The van der Waals surface area contributed by atoms with Crippen LogP contribution < -0.4 is 5.32 Å². The second-order valence-corrected chi connectivity index (χ2v) is 6.12. The number of thiophene rings is 1. The summed E-state index contributed by atoms with van der Waals surface area (Å²) in [6, 6.07) is 4.34. The van der Waals surface area contributed by atoms with Crippen LogP contribution in [0.5, 0.6) is 0 Å². The van der Waals surface area contributed by atoms with Crippen molar-refractivity contribution in [2.24, 2.45) is 7.05 Å². The van der Waals surface area contributed by atoms with E-state index < -0.39 is 0 Å². The van der Waals surface area contributed by atoms with Crippen molar-refractivity contribution in [1.82, 2.24) is 15.1 Å². The third-order valence-corrected chi connectivity index (χ3v) is 4.36. The molecule has 1 N–H and O–H groups in total. The molecular weight excluding hydrogens is 266 g/mol. The van der Waals surface area contributed by atoms with E-state index in [2.05, 4.69) is 36.5 Å². The molecule has 0 aliphatic carbocycles. The van der Waals surface area contributed by atoms with E-state index in [0.29, 0.717) is 6.04 Å². The fourth-order valence-electron chi connectivity index (χ4n) is 1.95. The van der Waals surface area contributed by atoms with Gasteiger partial charge >= 0.3 is 0 Å². The lowest BCUT2D eigenvalue weighted by atomic mass is 10.2. The van der Waals surface area contributed by atoms with E-state index in [-0.39, 0.29) is 0 Å². The smallest absolute Gasteiger partial charge is 0.0931 e. The molecule has 0 fully saturated rings. The summed E-state index contributed by atoms with van der Waals surface area (Å²) in [6.07, 6.45) is 3.05. The Morgan fingerprint density at radius 2 is 2.28 bits per heavy atom. The monoisotopic (exact) mass is 283 g/mol. The van der Waals surface area contributed by atoms with Gasteiger partial charge in [-0.3, -0.25) is 4.68 Å². The average Bonchev–Trinajstić information content (AvgIpc) is 2.92. The molecule has 1 unspecified atom stereocenters. The summed E-state index contributed by atoms with van der Waals surface area (Å²) in [5.41, 5.74) is 2.44. The predicted octanol–water partition coefficient (Wildman–Crippen LogP) is 3.55. The summed E-state index contributed by atoms with van der Waals surface area (Å²) in [7, 11) is 1.96. The van der Waals surface area contributed by atoms with Crippen LogP contribution in [0, 0.1) is 0 Å². The van der Waals surface area contributed by atoms with Gasteiger partial charge in [0, 0.05) is 36.3 Å². The molecule has 3 nitrogen and oxygen atoms in total. The lowest BCUT2D eigenvalue weighted by molar-refractivity contribution is 0.580. The number of aryl methyl sites for hydroxylation is 2. The molecule has 0 saturated carbocycles. The van der Waals surface area contributed by atoms with Crippen molar-refractivity contribution in [1.29, 1.82) is 0 Å². The standard InChI is InChI=1S/C13H18ClN3S/c1-4-11-10(8-17(3)16-11)7-15-9(2)12-5-6-13(14)18-12/h5-6,8-9,15H,4,7H2,1-3H3. The lowest BCUT2D eigenvalue weighted by Crippen LogP contribution is -2.17. The minimum Gasteiger partial charge on any atom is -0.305 e. The first kappa shape index (κ1) is 13.6. The zero-order valence-electron chi connectivity index (χ0n) is 10.9. The molecule has 0 radical (unpaired) electrons. The van der Waals surface area contributed by atoms with Crippen molar-refractivity contribution in [2.45, 2.75) is 32.9 Å². The Balaban J connectivity index is 1.98. The van der Waals surface area contributed by atoms with Gasteiger partial charge in [-0.05, 0) is 25.5 Å². The Morgan fingerprint density at radius 1 is 1.50 bits per heavy atom. The Morgan fingerprint density at radius 3 is 2.89 bits per heavy atom. The summed E-state index contributed by atoms with van der Waals surface area (Å²) in [6.45, 7) is 5.13. The van der Waals surface area contributed by atoms with E-state index in [1.807, 2.05) is 17.8 Å². The fourth-order valence-corrected chi connectivity index (χ4v) is 3.04. The van der Waals surface area contributed by atoms with Crippen molar-refractivity contribution in [3.05, 3.63) is 38.8 Å². The molecule has 18 heavy (non-hydrogen) atoms. The quantitative estimate of drug-likeness (QED) is 0.909. The predicted molar refractivity (Wildman–Crippen MR) is 77.2 cm³/mol. The molecule has 5 heteroatoms. The number of hydrogen-bond donors (Lipinski definition) is 1. The maximum absolute atomic E-state index is 5.95. The molecule has 0 amide bonds. The molecule has 0 saturated heterocycles. The molecule has 2 aromatic heterocycles. The minimum absolute atomic E-state index is 0.312. The molecule has 0 bridgehead atoms. The van der Waals surface area contributed by atoms with E-state index in [1.165, 1.54) is 16.1 Å². The zero-order valence-corrected chi connectivity index (χ0v) is 12.5. The molecule has 2 heterocycles. The summed E-state index contributed by atoms with van der Waals surface area (Å²) in [5, 5.41) is 7.96. The highest BCUT2D eigenvalue weighted by molar-refractivity contribution is 7.16. The maximum Gasteiger partial charge on any atom is 0.0931 e. The molecule has 2 rings (SSSR count). The topological polar surface area (TPSA) is 29.9 Å². The van der Waals surface area contributed by atoms with Crippen LogP contribution in [-0.2, 0) is 20.0 Å². The summed E-state index contributed by atoms with van der Waals surface area (Å²) >= 11 is 7.58. The molecule has 0 aliphatic heterocycles. The highest BCUT2D eigenvalue weighted by Gasteiger charge is 2.10. The van der Waals surface area contributed by atoms with Gasteiger partial charge < -0.3 is 5.32 Å². The second-order valence-electron chi connectivity index (χ2n) is 4.37. The van der Waals surface area contributed by atoms with Crippen molar-refractivity contribution in [3.63, 3.8) is 0 Å². The van der Waals surface area contributed by atoms with Crippen LogP contribution in [0.15, 0.2) is 18.3 Å². The highest BCUT2D eigenvalue weighted by atomic mass is 35.5. The molecule has 0 aliphatic rings. The Labute approximate surface area is 117 Å². The van der Waals surface area contributed by atoms with E-state index >= 15 is 0 Å². The third kappa shape index (κ3) is 3.13. The minimum atomic E-state index is 0.312. The van der Waals surface area contributed by atoms with Gasteiger partial charge in [0.2, 0.25) is 0 Å². The van der Waals surface area contributed by atoms with Gasteiger partial charge in [0.25, 0.3) is 0 Å². The van der Waals surface area contributed by atoms with Crippen LogP contribution >= 0.6 is 22.9 Å². The number of rotatable bonds is 5. The van der Waals surface area contributed by atoms with E-state index in [1.54, 1.807) is 11.3 Å². The van der Waals surface area contributed by atoms with Gasteiger partial charge in [0.05, 0.1) is 10.0 Å². The molecule has 1 atom stereocenters. The van der Waals surface area contributed by atoms with Crippen LogP contribution in [0.25, 0.3) is 0 Å². The maximum atomic E-state index is 5.95. The van der Waals surface area contributed by atoms with Gasteiger partial charge in [-0.25, -0.2) is 0 Å². The fraction of sp³-hybridized carbons (Fsp3) is 0.462. The van der Waals surface area contributed by atoms with Crippen LogP contribution in [0.1, 0.15) is 36.0 Å². The van der Waals surface area contributed by atoms with Crippen molar-refractivity contribution in [3.8, 4) is 0 Å². The van der Waals surface area contributed by atoms with Crippen molar-refractivity contribution >= 4 is 22.9 Å². The van der Waals surface area contributed by atoms with Gasteiger partial charge in [-0.15, -0.1) is 11.3 Å². The molecule has 2 aromatic rings. The largest absolute Gasteiger partial charge is 0.305 e. The first-order valence-electron chi connectivity index (χ1n) is 6.10. The van der Waals surface area contributed by atoms with Crippen LogP contribution in [0.4, 0.5) is 0 Å². The average molecular weight is 284 g/mol. The van der Waals surface area contributed by atoms with E-state index in [0.717, 1.165) is 17.3 Å². The summed E-state index contributed by atoms with van der Waals surface area (Å²) < 4.78 is 2.72. The second kappa shape index (κ2) is 5.87.